The fraction of sp³-hybridized carbons (Fsp3) is 0.889. The van der Waals surface area contributed by atoms with Gasteiger partial charge in [0.2, 0.25) is 5.91 Å². The van der Waals surface area contributed by atoms with Gasteiger partial charge in [-0.2, -0.15) is 0 Å². The first-order valence-electron chi connectivity index (χ1n) is 8.45. The predicted octanol–water partition coefficient (Wildman–Crippen LogP) is 3.18. The molecular formula is C18H35NO3. The molecule has 2 N–H and O–H groups in total. The van der Waals surface area contributed by atoms with Crippen LogP contribution in [0.15, 0.2) is 0 Å². The number of carbonyl (C=O) groups excluding carboxylic acids is 2. The zero-order valence-corrected chi connectivity index (χ0v) is 15.2. The van der Waals surface area contributed by atoms with Crippen LogP contribution in [0.4, 0.5) is 0 Å². The molecule has 0 aromatic heterocycles. The first kappa shape index (κ1) is 21.1. The van der Waals surface area contributed by atoms with Crippen LogP contribution >= 0.6 is 0 Å². The Bertz CT molecular complexity index is 345. The van der Waals surface area contributed by atoms with Crippen molar-refractivity contribution < 1.29 is 14.7 Å². The number of ketones is 1. The molecule has 0 aliphatic heterocycles. The molecule has 0 rings (SSSR count). The Kier molecular flexibility index (Phi) is 9.58. The minimum absolute atomic E-state index is 0.0268. The summed E-state index contributed by atoms with van der Waals surface area (Å²) in [5.74, 6) is 0.471. The zero-order chi connectivity index (χ0) is 17.3. The van der Waals surface area contributed by atoms with Gasteiger partial charge in [-0.05, 0) is 30.1 Å². The van der Waals surface area contributed by atoms with E-state index in [9.17, 15) is 9.59 Å². The van der Waals surface area contributed by atoms with Gasteiger partial charge in [0.05, 0.1) is 0 Å². The van der Waals surface area contributed by atoms with Crippen molar-refractivity contribution >= 4 is 11.7 Å². The Hall–Kier alpha value is -0.900. The largest absolute Gasteiger partial charge is 0.396 e. The maximum absolute atomic E-state index is 12.3. The molecule has 0 aliphatic rings. The van der Waals surface area contributed by atoms with Gasteiger partial charge in [0.1, 0.15) is 5.78 Å². The van der Waals surface area contributed by atoms with Crippen LogP contribution in [0.3, 0.4) is 0 Å². The summed E-state index contributed by atoms with van der Waals surface area (Å²) in [4.78, 5) is 24.5. The molecule has 0 heterocycles. The van der Waals surface area contributed by atoms with E-state index in [0.717, 1.165) is 12.8 Å². The molecule has 1 unspecified atom stereocenters. The summed E-state index contributed by atoms with van der Waals surface area (Å²) < 4.78 is 0. The van der Waals surface area contributed by atoms with E-state index >= 15 is 0 Å². The maximum atomic E-state index is 12.3. The third-order valence-electron chi connectivity index (χ3n) is 3.58. The van der Waals surface area contributed by atoms with Gasteiger partial charge in [0.15, 0.2) is 0 Å². The molecule has 0 radical (unpaired) electrons. The molecule has 4 heteroatoms. The second-order valence-electron chi connectivity index (χ2n) is 8.17. The van der Waals surface area contributed by atoms with Crippen molar-refractivity contribution in [2.24, 2.45) is 23.2 Å². The number of aliphatic hydroxyl groups excluding tert-OH is 1. The highest BCUT2D eigenvalue weighted by atomic mass is 16.3. The number of aliphatic hydroxyl groups is 1. The standard InChI is InChI=1S/C18H35NO3/c1-13(2)9-15(10-16(21)11-18(4,5)6)17(22)19-8-7-14(3)12-20/h13-15,20H,7-12H2,1-6H3,(H,19,22)/t14?,15-/m1/s1. The van der Waals surface area contributed by atoms with Crippen LogP contribution in [-0.4, -0.2) is 29.9 Å². The Morgan fingerprint density at radius 3 is 2.18 bits per heavy atom. The third-order valence-corrected chi connectivity index (χ3v) is 3.58. The van der Waals surface area contributed by atoms with Crippen molar-refractivity contribution in [1.29, 1.82) is 0 Å². The van der Waals surface area contributed by atoms with Crippen molar-refractivity contribution in [3.63, 3.8) is 0 Å². The summed E-state index contributed by atoms with van der Waals surface area (Å²) in [5, 5.41) is 11.9. The van der Waals surface area contributed by atoms with Gasteiger partial charge in [-0.15, -0.1) is 0 Å². The van der Waals surface area contributed by atoms with Crippen LogP contribution in [0.1, 0.15) is 67.2 Å². The van der Waals surface area contributed by atoms with Gasteiger partial charge in [-0.25, -0.2) is 0 Å². The van der Waals surface area contributed by atoms with Gasteiger partial charge >= 0.3 is 0 Å². The minimum Gasteiger partial charge on any atom is -0.396 e. The minimum atomic E-state index is -0.237. The summed E-state index contributed by atoms with van der Waals surface area (Å²) in [6.45, 7) is 12.9. The number of Topliss-reactive ketones (excluding diaryl/α,β-unsaturated/α-hetero) is 1. The third kappa shape index (κ3) is 10.8. The summed E-state index contributed by atoms with van der Waals surface area (Å²) in [7, 11) is 0. The summed E-state index contributed by atoms with van der Waals surface area (Å²) in [6, 6.07) is 0. The number of hydrogen-bond acceptors (Lipinski definition) is 3. The quantitative estimate of drug-likeness (QED) is 0.651. The molecule has 0 aliphatic carbocycles. The molecule has 0 aromatic carbocycles. The van der Waals surface area contributed by atoms with Gasteiger partial charge in [0.25, 0.3) is 0 Å². The Morgan fingerprint density at radius 1 is 1.14 bits per heavy atom. The highest BCUT2D eigenvalue weighted by Gasteiger charge is 2.25. The monoisotopic (exact) mass is 313 g/mol. The van der Waals surface area contributed by atoms with E-state index in [4.69, 9.17) is 5.11 Å². The Labute approximate surface area is 136 Å². The van der Waals surface area contributed by atoms with Crippen molar-refractivity contribution in [3.8, 4) is 0 Å². The fourth-order valence-corrected chi connectivity index (χ4v) is 2.47. The first-order chi connectivity index (χ1) is 10.0. The van der Waals surface area contributed by atoms with E-state index in [1.807, 2.05) is 27.7 Å². The average molecular weight is 313 g/mol. The lowest BCUT2D eigenvalue weighted by Gasteiger charge is -2.21. The molecule has 0 saturated heterocycles. The number of hydrogen-bond donors (Lipinski definition) is 2. The summed E-state index contributed by atoms with van der Waals surface area (Å²) in [6.07, 6.45) is 2.33. The van der Waals surface area contributed by atoms with Gasteiger partial charge in [0, 0.05) is 31.9 Å². The van der Waals surface area contributed by atoms with E-state index in [-0.39, 0.29) is 35.5 Å². The van der Waals surface area contributed by atoms with Crippen LogP contribution in [0.25, 0.3) is 0 Å². The first-order valence-corrected chi connectivity index (χ1v) is 8.45. The lowest BCUT2D eigenvalue weighted by atomic mass is 9.84. The molecule has 130 valence electrons. The smallest absolute Gasteiger partial charge is 0.223 e. The molecule has 0 aromatic rings. The molecule has 0 fully saturated rings. The van der Waals surface area contributed by atoms with Crippen LogP contribution in [0.5, 0.6) is 0 Å². The molecule has 4 nitrogen and oxygen atoms in total. The van der Waals surface area contributed by atoms with Crippen molar-refractivity contribution in [2.75, 3.05) is 13.2 Å². The molecule has 0 saturated carbocycles. The van der Waals surface area contributed by atoms with E-state index in [2.05, 4.69) is 19.2 Å². The predicted molar refractivity (Wildman–Crippen MR) is 90.5 cm³/mol. The molecule has 1 amide bonds. The highest BCUT2D eigenvalue weighted by Crippen LogP contribution is 2.23. The van der Waals surface area contributed by atoms with Crippen LogP contribution < -0.4 is 5.32 Å². The van der Waals surface area contributed by atoms with Gasteiger partial charge in [-0.1, -0.05) is 41.5 Å². The van der Waals surface area contributed by atoms with Crippen molar-refractivity contribution in [3.05, 3.63) is 0 Å². The molecule has 22 heavy (non-hydrogen) atoms. The summed E-state index contributed by atoms with van der Waals surface area (Å²) in [5.41, 5.74) is -0.0352. The number of amides is 1. The lowest BCUT2D eigenvalue weighted by molar-refractivity contribution is -0.130. The molecule has 2 atom stereocenters. The highest BCUT2D eigenvalue weighted by molar-refractivity contribution is 5.87. The molecular weight excluding hydrogens is 278 g/mol. The van der Waals surface area contributed by atoms with E-state index in [0.29, 0.717) is 25.3 Å². The zero-order valence-electron chi connectivity index (χ0n) is 15.2. The lowest BCUT2D eigenvalue weighted by Crippen LogP contribution is -2.34. The fourth-order valence-electron chi connectivity index (χ4n) is 2.47. The Morgan fingerprint density at radius 2 is 1.73 bits per heavy atom. The van der Waals surface area contributed by atoms with Crippen LogP contribution in [0, 0.1) is 23.2 Å². The number of nitrogens with one attached hydrogen (secondary N) is 1. The topological polar surface area (TPSA) is 66.4 Å². The Balaban J connectivity index is 4.49. The van der Waals surface area contributed by atoms with Crippen molar-refractivity contribution in [1.82, 2.24) is 5.32 Å². The van der Waals surface area contributed by atoms with E-state index < -0.39 is 0 Å². The summed E-state index contributed by atoms with van der Waals surface area (Å²) >= 11 is 0. The molecule has 0 bridgehead atoms. The van der Waals surface area contributed by atoms with Crippen LogP contribution in [0.2, 0.25) is 0 Å². The normalized spacial score (nSPS) is 14.7. The van der Waals surface area contributed by atoms with Crippen LogP contribution in [-0.2, 0) is 9.59 Å². The number of carbonyl (C=O) groups is 2. The SMILES string of the molecule is CC(C)C[C@H](CC(=O)CC(C)(C)C)C(=O)NCCC(C)CO. The van der Waals surface area contributed by atoms with Gasteiger partial charge < -0.3 is 10.4 Å². The second-order valence-corrected chi connectivity index (χ2v) is 8.17. The average Bonchev–Trinajstić information content (AvgIpc) is 2.34. The van der Waals surface area contributed by atoms with Gasteiger partial charge in [-0.3, -0.25) is 9.59 Å². The van der Waals surface area contributed by atoms with Crippen molar-refractivity contribution in [2.45, 2.75) is 67.2 Å². The maximum Gasteiger partial charge on any atom is 0.223 e. The van der Waals surface area contributed by atoms with E-state index in [1.165, 1.54) is 0 Å². The number of rotatable bonds is 10. The van der Waals surface area contributed by atoms with E-state index in [1.54, 1.807) is 0 Å². The molecule has 0 spiro atoms. The second kappa shape index (κ2) is 9.98.